The lowest BCUT2D eigenvalue weighted by Crippen LogP contribution is -2.32. The van der Waals surface area contributed by atoms with E-state index in [1.807, 2.05) is 54.6 Å². The van der Waals surface area contributed by atoms with E-state index in [2.05, 4.69) is 11.4 Å². The number of nitriles is 1. The van der Waals surface area contributed by atoms with E-state index in [-0.39, 0.29) is 10.9 Å². The number of benzene rings is 4. The second-order valence-corrected chi connectivity index (χ2v) is 12.0. The molecule has 0 fully saturated rings. The summed E-state index contributed by atoms with van der Waals surface area (Å²) in [6.07, 6.45) is 0.453. The highest BCUT2D eigenvalue weighted by molar-refractivity contribution is 8.14. The molecule has 3 unspecified atom stereocenters. The second kappa shape index (κ2) is 14.2. The Hall–Kier alpha value is -4.91. The Kier molecular flexibility index (Phi) is 9.98. The predicted molar refractivity (Wildman–Crippen MR) is 179 cm³/mol. The zero-order chi connectivity index (χ0) is 31.9. The number of carbonyl (C=O) groups excluding carboxylic acids is 1. The van der Waals surface area contributed by atoms with E-state index >= 15 is 0 Å². The number of methoxy groups -OCH3 is 1. The molecule has 4 aromatic rings. The van der Waals surface area contributed by atoms with Crippen LogP contribution in [0.3, 0.4) is 0 Å². The van der Waals surface area contributed by atoms with Gasteiger partial charge < -0.3 is 10.1 Å². The average Bonchev–Trinajstić information content (AvgIpc) is 3.05. The first-order valence-electron chi connectivity index (χ1n) is 14.1. The molecule has 45 heavy (non-hydrogen) atoms. The van der Waals surface area contributed by atoms with Crippen molar-refractivity contribution in [3.8, 4) is 11.8 Å². The Bertz CT molecular complexity index is 1840. The normalized spacial score (nSPS) is 16.7. The number of hydrogen-bond donors (Lipinski definition) is 1. The van der Waals surface area contributed by atoms with Crippen molar-refractivity contribution in [1.29, 1.82) is 5.26 Å². The summed E-state index contributed by atoms with van der Waals surface area (Å²) in [5, 5.41) is 25.8. The smallest absolute Gasteiger partial charge is 0.269 e. The number of nitro groups is 1. The van der Waals surface area contributed by atoms with Crippen LogP contribution in [0.5, 0.6) is 5.75 Å². The summed E-state index contributed by atoms with van der Waals surface area (Å²) in [5.74, 6) is -1.47. The number of amides is 1. The summed E-state index contributed by atoms with van der Waals surface area (Å²) < 4.78 is 5.43. The van der Waals surface area contributed by atoms with E-state index in [9.17, 15) is 20.2 Å². The number of nitrogens with zero attached hydrogens (tertiary/aromatic N) is 3. The molecule has 1 N–H and O–H groups in total. The van der Waals surface area contributed by atoms with Crippen LogP contribution < -0.4 is 10.1 Å². The van der Waals surface area contributed by atoms with Gasteiger partial charge in [0.15, 0.2) is 0 Å². The van der Waals surface area contributed by atoms with Crippen molar-refractivity contribution in [2.45, 2.75) is 24.5 Å². The number of ether oxygens (including phenoxy) is 1. The zero-order valence-electron chi connectivity index (χ0n) is 24.5. The minimum atomic E-state index is -0.839. The van der Waals surface area contributed by atoms with E-state index < -0.39 is 22.7 Å². The molecule has 0 bridgehead atoms. The number of rotatable bonds is 9. The van der Waals surface area contributed by atoms with Gasteiger partial charge in [-0.3, -0.25) is 14.9 Å². The maximum Gasteiger partial charge on any atom is 0.269 e. The van der Waals surface area contributed by atoms with Crippen LogP contribution in [0.15, 0.2) is 119 Å². The average molecular weight is 637 g/mol. The number of allylic oxidation sites excluding steroid dienone is 1. The van der Waals surface area contributed by atoms with Crippen LogP contribution in [0.4, 0.5) is 11.4 Å². The minimum absolute atomic E-state index is 0.0116. The minimum Gasteiger partial charge on any atom is -0.495 e. The first-order valence-corrected chi connectivity index (χ1v) is 15.4. The molecule has 1 amide bonds. The van der Waals surface area contributed by atoms with Gasteiger partial charge in [0.25, 0.3) is 11.6 Å². The number of para-hydroxylation sites is 2. The molecule has 5 rings (SSSR count). The third-order valence-electron chi connectivity index (χ3n) is 7.53. The number of hydrogen-bond acceptors (Lipinski definition) is 7. The van der Waals surface area contributed by atoms with Crippen LogP contribution >= 0.6 is 23.4 Å². The second-order valence-electron chi connectivity index (χ2n) is 10.4. The molecule has 0 spiro atoms. The highest BCUT2D eigenvalue weighted by Gasteiger charge is 2.40. The molecule has 0 aliphatic carbocycles. The summed E-state index contributed by atoms with van der Waals surface area (Å²) in [4.78, 5) is 29.9. The lowest BCUT2D eigenvalue weighted by atomic mass is 9.78. The molecule has 10 heteroatoms. The number of nitrogens with one attached hydrogen (secondary N) is 1. The van der Waals surface area contributed by atoms with Gasteiger partial charge in [-0.2, -0.15) is 5.26 Å². The monoisotopic (exact) mass is 636 g/mol. The van der Waals surface area contributed by atoms with Crippen LogP contribution in [-0.4, -0.2) is 23.0 Å². The van der Waals surface area contributed by atoms with Gasteiger partial charge in [0.1, 0.15) is 11.7 Å². The van der Waals surface area contributed by atoms with E-state index in [1.54, 1.807) is 49.4 Å². The van der Waals surface area contributed by atoms with Crippen molar-refractivity contribution in [3.63, 3.8) is 0 Å². The van der Waals surface area contributed by atoms with Crippen molar-refractivity contribution in [3.05, 3.63) is 146 Å². The van der Waals surface area contributed by atoms with Crippen molar-refractivity contribution < 1.29 is 14.5 Å². The van der Waals surface area contributed by atoms with Gasteiger partial charge in [-0.15, -0.1) is 11.8 Å². The summed E-state index contributed by atoms with van der Waals surface area (Å²) in [6.45, 7) is 1.76. The number of aliphatic imine (C=N–C) groups is 1. The molecule has 0 aromatic heterocycles. The van der Waals surface area contributed by atoms with Gasteiger partial charge in [-0.1, -0.05) is 84.4 Å². The highest BCUT2D eigenvalue weighted by atomic mass is 35.5. The third kappa shape index (κ3) is 7.09. The molecule has 3 atom stereocenters. The van der Waals surface area contributed by atoms with E-state index in [1.165, 1.54) is 24.9 Å². The zero-order valence-corrected chi connectivity index (χ0v) is 26.1. The summed E-state index contributed by atoms with van der Waals surface area (Å²) in [7, 11) is 1.53. The Labute approximate surface area is 270 Å². The summed E-state index contributed by atoms with van der Waals surface area (Å²) in [5.41, 5.74) is 3.69. The van der Waals surface area contributed by atoms with Crippen LogP contribution in [0.1, 0.15) is 34.8 Å². The Balaban J connectivity index is 1.59. The molecule has 0 saturated carbocycles. The van der Waals surface area contributed by atoms with E-state index in [0.717, 1.165) is 11.1 Å². The maximum absolute atomic E-state index is 14.0. The number of anilines is 1. The molecular weight excluding hydrogens is 608 g/mol. The van der Waals surface area contributed by atoms with Crippen molar-refractivity contribution in [2.75, 3.05) is 12.4 Å². The molecule has 1 heterocycles. The Morgan fingerprint density at radius 2 is 1.78 bits per heavy atom. The molecule has 1 aliphatic rings. The van der Waals surface area contributed by atoms with Gasteiger partial charge in [0, 0.05) is 39.6 Å². The number of halogens is 1. The van der Waals surface area contributed by atoms with Gasteiger partial charge >= 0.3 is 0 Å². The lowest BCUT2D eigenvalue weighted by molar-refractivity contribution is -0.384. The molecular formula is C35H29ClN4O4S. The molecule has 0 saturated heterocycles. The van der Waals surface area contributed by atoms with Gasteiger partial charge in [0.05, 0.1) is 28.8 Å². The lowest BCUT2D eigenvalue weighted by Gasteiger charge is -2.32. The summed E-state index contributed by atoms with van der Waals surface area (Å²) >= 11 is 8.14. The molecule has 8 nitrogen and oxygen atoms in total. The molecule has 0 radical (unpaired) electrons. The molecule has 226 valence electrons. The molecule has 4 aromatic carbocycles. The van der Waals surface area contributed by atoms with Crippen molar-refractivity contribution in [2.24, 2.45) is 10.9 Å². The van der Waals surface area contributed by atoms with Crippen molar-refractivity contribution >= 4 is 45.7 Å². The van der Waals surface area contributed by atoms with Gasteiger partial charge in [-0.05, 0) is 48.2 Å². The summed E-state index contributed by atoms with van der Waals surface area (Å²) in [6, 6.07) is 33.0. The van der Waals surface area contributed by atoms with Gasteiger partial charge in [-0.25, -0.2) is 4.99 Å². The maximum atomic E-state index is 14.0. The third-order valence-corrected chi connectivity index (χ3v) is 9.19. The quantitative estimate of drug-likeness (QED) is 0.145. The predicted octanol–water partition coefficient (Wildman–Crippen LogP) is 8.52. The fraction of sp³-hybridized carbons (Fsp3) is 0.171. The molecule has 1 aliphatic heterocycles. The Morgan fingerprint density at radius 3 is 2.49 bits per heavy atom. The van der Waals surface area contributed by atoms with Crippen molar-refractivity contribution in [1.82, 2.24) is 0 Å². The van der Waals surface area contributed by atoms with Crippen LogP contribution in [0.25, 0.3) is 0 Å². The fourth-order valence-electron chi connectivity index (χ4n) is 5.42. The fourth-order valence-corrected chi connectivity index (χ4v) is 7.06. The highest BCUT2D eigenvalue weighted by Crippen LogP contribution is 2.47. The van der Waals surface area contributed by atoms with Crippen LogP contribution in [0.2, 0.25) is 5.02 Å². The number of non-ortho nitro benzene ring substituents is 1. The van der Waals surface area contributed by atoms with Crippen LogP contribution in [-0.2, 0) is 11.2 Å². The first kappa shape index (κ1) is 31.5. The topological polar surface area (TPSA) is 118 Å². The SMILES string of the molecule is COc1ccccc1NC(=O)C1=C(C)N=C(SC(Cc2cccc([N+](=O)[O-])c2)c2ccccc2)C(C#N)C1c1ccccc1Cl. The number of carbonyl (C=O) groups is 1. The Morgan fingerprint density at radius 1 is 1.07 bits per heavy atom. The van der Waals surface area contributed by atoms with E-state index in [0.29, 0.717) is 44.8 Å². The number of nitro benzene ring substituents is 1. The standard InChI is InChI=1S/C35H29ClN4O4S/c1-22-32(34(41)39-29-17-8-9-18-30(29)44-2)33(26-15-6-7-16-28(26)36)27(21-37)35(38-22)45-31(24-12-4-3-5-13-24)20-23-11-10-14-25(19-23)40(42)43/h3-19,27,31,33H,20H2,1-2H3,(H,39,41). The van der Waals surface area contributed by atoms with Gasteiger partial charge in [0.2, 0.25) is 0 Å². The van der Waals surface area contributed by atoms with Crippen LogP contribution in [0, 0.1) is 27.4 Å². The van der Waals surface area contributed by atoms with E-state index in [4.69, 9.17) is 21.3 Å². The number of thioether (sulfide) groups is 1. The first-order chi connectivity index (χ1) is 21.8. The largest absolute Gasteiger partial charge is 0.495 e.